The van der Waals surface area contributed by atoms with Crippen molar-refractivity contribution in [2.24, 2.45) is 0 Å². The van der Waals surface area contributed by atoms with E-state index in [-0.39, 0.29) is 23.7 Å². The first-order chi connectivity index (χ1) is 12.8. The minimum atomic E-state index is -1.64. The van der Waals surface area contributed by atoms with Crippen molar-refractivity contribution in [3.63, 3.8) is 0 Å². The van der Waals surface area contributed by atoms with Gasteiger partial charge in [-0.3, -0.25) is 4.79 Å². The minimum absolute atomic E-state index is 0.0290. The molecular weight excluding hydrogens is 369 g/mol. The van der Waals surface area contributed by atoms with Crippen LogP contribution in [0.1, 0.15) is 11.1 Å². The Morgan fingerprint density at radius 2 is 1.67 bits per heavy atom. The highest BCUT2D eigenvalue weighted by Crippen LogP contribution is 2.22. The maximum Gasteiger partial charge on any atom is 0.310 e. The zero-order valence-electron chi connectivity index (χ0n) is 13.9. The Bertz CT molecular complexity index is 1060. The molecule has 0 saturated heterocycles. The van der Waals surface area contributed by atoms with Crippen LogP contribution >= 0.6 is 0 Å². The fraction of sp³-hybridized carbons (Fsp3) is 0.111. The molecule has 1 heterocycles. The van der Waals surface area contributed by atoms with Crippen LogP contribution in [0.3, 0.4) is 0 Å². The first kappa shape index (κ1) is 18.6. The number of rotatable bonds is 4. The van der Waals surface area contributed by atoms with Crippen LogP contribution in [-0.4, -0.2) is 9.55 Å². The summed E-state index contributed by atoms with van der Waals surface area (Å²) in [7, 11) is 0. The molecule has 0 radical (unpaired) electrons. The number of nitrogens with one attached hydrogen (secondary N) is 1. The molecule has 3 rings (SSSR count). The Morgan fingerprint density at radius 3 is 2.33 bits per heavy atom. The number of nitrogens with zero attached hydrogens (tertiary/aromatic N) is 2. The van der Waals surface area contributed by atoms with E-state index in [1.165, 1.54) is 19.1 Å². The molecule has 27 heavy (non-hydrogen) atoms. The van der Waals surface area contributed by atoms with E-state index in [0.29, 0.717) is 5.56 Å². The van der Waals surface area contributed by atoms with Gasteiger partial charge in [-0.1, -0.05) is 12.1 Å². The van der Waals surface area contributed by atoms with Gasteiger partial charge in [-0.05, 0) is 36.2 Å². The minimum Gasteiger partial charge on any atom is -0.323 e. The number of hydrogen-bond donors (Lipinski definition) is 1. The van der Waals surface area contributed by atoms with Gasteiger partial charge in [0.2, 0.25) is 11.8 Å². The van der Waals surface area contributed by atoms with Gasteiger partial charge < -0.3 is 9.88 Å². The van der Waals surface area contributed by atoms with Gasteiger partial charge in [0.15, 0.2) is 17.5 Å². The Balaban J connectivity index is 2.04. The average Bonchev–Trinajstić information content (AvgIpc) is 2.61. The van der Waals surface area contributed by atoms with Crippen LogP contribution in [0.5, 0.6) is 0 Å². The number of aryl methyl sites for hydroxylation is 1. The molecule has 0 aliphatic carbocycles. The maximum atomic E-state index is 14.2. The van der Waals surface area contributed by atoms with E-state index in [1.807, 2.05) is 0 Å². The lowest BCUT2D eigenvalue weighted by atomic mass is 10.2. The van der Waals surface area contributed by atoms with Gasteiger partial charge in [0.25, 0.3) is 0 Å². The molecule has 9 heteroatoms. The largest absolute Gasteiger partial charge is 0.323 e. The molecule has 1 aromatic heterocycles. The molecule has 0 bridgehead atoms. The lowest BCUT2D eigenvalue weighted by Crippen LogP contribution is -2.20. The van der Waals surface area contributed by atoms with Gasteiger partial charge in [0.05, 0.1) is 12.2 Å². The molecule has 0 saturated carbocycles. The molecule has 0 fully saturated rings. The highest BCUT2D eigenvalue weighted by Gasteiger charge is 2.15. The lowest BCUT2D eigenvalue weighted by Gasteiger charge is -2.15. The predicted molar refractivity (Wildman–Crippen MR) is 88.3 cm³/mol. The Labute approximate surface area is 149 Å². The van der Waals surface area contributed by atoms with Gasteiger partial charge in [-0.25, -0.2) is 17.6 Å². The molecule has 0 amide bonds. The van der Waals surface area contributed by atoms with Crippen molar-refractivity contribution in [2.45, 2.75) is 13.5 Å². The van der Waals surface area contributed by atoms with Crippen LogP contribution in [0, 0.1) is 36.0 Å². The summed E-state index contributed by atoms with van der Waals surface area (Å²) >= 11 is 0. The van der Waals surface area contributed by atoms with Crippen molar-refractivity contribution < 1.29 is 22.0 Å². The van der Waals surface area contributed by atoms with Crippen LogP contribution in [0.15, 0.2) is 41.3 Å². The van der Waals surface area contributed by atoms with Gasteiger partial charge in [-0.2, -0.15) is 9.37 Å². The van der Waals surface area contributed by atoms with Crippen molar-refractivity contribution >= 4 is 11.6 Å². The molecule has 4 nitrogen and oxygen atoms in total. The fourth-order valence-corrected chi connectivity index (χ4v) is 2.45. The number of benzene rings is 2. The summed E-state index contributed by atoms with van der Waals surface area (Å²) in [6, 6.07) is 5.91. The zero-order valence-corrected chi connectivity index (χ0v) is 13.9. The van der Waals surface area contributed by atoms with E-state index in [4.69, 9.17) is 0 Å². The van der Waals surface area contributed by atoms with E-state index in [9.17, 15) is 26.7 Å². The average molecular weight is 381 g/mol. The monoisotopic (exact) mass is 381 g/mol. The second-order valence-corrected chi connectivity index (χ2v) is 5.78. The number of hydrogen-bond acceptors (Lipinski definition) is 3. The van der Waals surface area contributed by atoms with E-state index in [2.05, 4.69) is 10.3 Å². The van der Waals surface area contributed by atoms with Gasteiger partial charge >= 0.3 is 5.56 Å². The molecule has 0 aliphatic rings. The second kappa shape index (κ2) is 7.18. The summed E-state index contributed by atoms with van der Waals surface area (Å²) in [6.45, 7) is 1.17. The fourth-order valence-electron chi connectivity index (χ4n) is 2.45. The number of anilines is 2. The molecule has 3 aromatic rings. The molecule has 0 aliphatic heterocycles. The van der Waals surface area contributed by atoms with Gasteiger partial charge in [0, 0.05) is 6.20 Å². The van der Waals surface area contributed by atoms with Crippen molar-refractivity contribution in [2.75, 3.05) is 5.32 Å². The molecule has 0 spiro atoms. The molecule has 2 aromatic carbocycles. The summed E-state index contributed by atoms with van der Waals surface area (Å²) in [6.07, 6.45) is 0.754. The van der Waals surface area contributed by atoms with Crippen molar-refractivity contribution in [3.05, 3.63) is 87.1 Å². The summed E-state index contributed by atoms with van der Waals surface area (Å²) in [5, 5.41) is 2.56. The van der Waals surface area contributed by atoms with Crippen LogP contribution in [0.2, 0.25) is 0 Å². The molecule has 1 N–H and O–H groups in total. The molecule has 0 atom stereocenters. The van der Waals surface area contributed by atoms with Crippen molar-refractivity contribution in [1.82, 2.24) is 9.55 Å². The molecule has 140 valence electrons. The van der Waals surface area contributed by atoms with Gasteiger partial charge in [-0.15, -0.1) is 0 Å². The van der Waals surface area contributed by atoms with E-state index in [0.717, 1.165) is 22.9 Å². The SMILES string of the molecule is Cc1cccc(Nc2nc(=O)c(F)cn2Cc2cc(F)c(F)c(F)c2)c1F. The number of halogens is 5. The van der Waals surface area contributed by atoms with Crippen molar-refractivity contribution in [1.29, 1.82) is 0 Å². The standard InChI is InChI=1S/C18H12F5N3O/c1-9-3-2-4-14(15(9)22)24-18-25-17(27)13(21)8-26(18)7-10-5-11(19)16(23)12(20)6-10/h2-6,8H,7H2,1H3,(H,24,25,27). The molecule has 0 unspecified atom stereocenters. The Hall–Kier alpha value is -3.23. The van der Waals surface area contributed by atoms with E-state index < -0.39 is 34.6 Å². The topological polar surface area (TPSA) is 46.9 Å². The van der Waals surface area contributed by atoms with Crippen LogP contribution < -0.4 is 10.9 Å². The first-order valence-corrected chi connectivity index (χ1v) is 7.69. The lowest BCUT2D eigenvalue weighted by molar-refractivity contribution is 0.444. The Kier molecular flexibility index (Phi) is 4.93. The predicted octanol–water partition coefficient (Wildman–Crippen LogP) is 4.04. The molecular formula is C18H12F5N3O. The smallest absolute Gasteiger partial charge is 0.310 e. The second-order valence-electron chi connectivity index (χ2n) is 5.78. The highest BCUT2D eigenvalue weighted by atomic mass is 19.2. The highest BCUT2D eigenvalue weighted by molar-refractivity contribution is 5.55. The summed E-state index contributed by atoms with van der Waals surface area (Å²) in [5.74, 6) is -6.55. The summed E-state index contributed by atoms with van der Waals surface area (Å²) in [5.41, 5.74) is -0.959. The zero-order chi connectivity index (χ0) is 19.7. The van der Waals surface area contributed by atoms with Crippen LogP contribution in [0.25, 0.3) is 0 Å². The van der Waals surface area contributed by atoms with Gasteiger partial charge in [0.1, 0.15) is 5.82 Å². The van der Waals surface area contributed by atoms with Crippen LogP contribution in [0.4, 0.5) is 33.6 Å². The quantitative estimate of drug-likeness (QED) is 0.548. The van der Waals surface area contributed by atoms with E-state index in [1.54, 1.807) is 6.07 Å². The third kappa shape index (κ3) is 3.81. The summed E-state index contributed by atoms with van der Waals surface area (Å²) < 4.78 is 68.8. The normalized spacial score (nSPS) is 10.9. The number of aromatic nitrogens is 2. The Morgan fingerprint density at radius 1 is 1.00 bits per heavy atom. The first-order valence-electron chi connectivity index (χ1n) is 7.69. The van der Waals surface area contributed by atoms with E-state index >= 15 is 0 Å². The third-order valence-corrected chi connectivity index (χ3v) is 3.79. The summed E-state index contributed by atoms with van der Waals surface area (Å²) in [4.78, 5) is 15.0. The van der Waals surface area contributed by atoms with Crippen molar-refractivity contribution in [3.8, 4) is 0 Å². The van der Waals surface area contributed by atoms with Crippen LogP contribution in [-0.2, 0) is 6.54 Å². The third-order valence-electron chi connectivity index (χ3n) is 3.79. The maximum absolute atomic E-state index is 14.2.